The van der Waals surface area contributed by atoms with E-state index in [1.54, 1.807) is 12.1 Å². The van der Waals surface area contributed by atoms with Crippen molar-refractivity contribution in [3.8, 4) is 0 Å². The second kappa shape index (κ2) is 4.73. The summed E-state index contributed by atoms with van der Waals surface area (Å²) in [6.45, 7) is 0. The molecule has 0 radical (unpaired) electrons. The molecule has 0 bridgehead atoms. The lowest BCUT2D eigenvalue weighted by molar-refractivity contribution is -0.384. The molecule has 1 fully saturated rings. The van der Waals surface area contributed by atoms with E-state index in [9.17, 15) is 14.9 Å². The summed E-state index contributed by atoms with van der Waals surface area (Å²) in [7, 11) is 0. The van der Waals surface area contributed by atoms with Gasteiger partial charge in [-0.2, -0.15) is 5.10 Å². The molecular formula is C11H11N3O3. The highest BCUT2D eigenvalue weighted by atomic mass is 16.6. The molecule has 17 heavy (non-hydrogen) atoms. The summed E-state index contributed by atoms with van der Waals surface area (Å²) in [5.41, 5.74) is 3.16. The van der Waals surface area contributed by atoms with Crippen LogP contribution >= 0.6 is 0 Å². The van der Waals surface area contributed by atoms with E-state index in [0.717, 1.165) is 12.8 Å². The Morgan fingerprint density at radius 3 is 2.59 bits per heavy atom. The molecule has 1 amide bonds. The fourth-order valence-corrected chi connectivity index (χ4v) is 1.29. The van der Waals surface area contributed by atoms with Crippen LogP contribution in [0.25, 0.3) is 0 Å². The SMILES string of the molecule is O=C(NN=Cc1ccc([N+](=O)[O-])cc1)C1CC1. The molecule has 1 saturated carbocycles. The zero-order valence-corrected chi connectivity index (χ0v) is 9.00. The fraction of sp³-hybridized carbons (Fsp3) is 0.273. The van der Waals surface area contributed by atoms with Gasteiger partial charge in [0, 0.05) is 18.1 Å². The van der Waals surface area contributed by atoms with Crippen LogP contribution in [-0.2, 0) is 4.79 Å². The highest BCUT2D eigenvalue weighted by Gasteiger charge is 2.29. The molecule has 1 aromatic carbocycles. The molecule has 88 valence electrons. The third-order valence-corrected chi connectivity index (χ3v) is 2.44. The number of carbonyl (C=O) groups is 1. The Labute approximate surface area is 97.5 Å². The maximum absolute atomic E-state index is 11.2. The van der Waals surface area contributed by atoms with E-state index in [2.05, 4.69) is 10.5 Å². The predicted molar refractivity (Wildman–Crippen MR) is 61.6 cm³/mol. The monoisotopic (exact) mass is 233 g/mol. The maximum Gasteiger partial charge on any atom is 0.269 e. The van der Waals surface area contributed by atoms with Crippen LogP contribution in [-0.4, -0.2) is 17.0 Å². The number of hydrazone groups is 1. The van der Waals surface area contributed by atoms with Gasteiger partial charge < -0.3 is 0 Å². The minimum absolute atomic E-state index is 0.0316. The topological polar surface area (TPSA) is 84.6 Å². The number of nitrogens with zero attached hydrogens (tertiary/aromatic N) is 2. The van der Waals surface area contributed by atoms with E-state index in [1.165, 1.54) is 18.3 Å². The number of nitro benzene ring substituents is 1. The van der Waals surface area contributed by atoms with Crippen LogP contribution < -0.4 is 5.43 Å². The van der Waals surface area contributed by atoms with E-state index >= 15 is 0 Å². The Hall–Kier alpha value is -2.24. The number of nitrogens with one attached hydrogen (secondary N) is 1. The molecule has 0 atom stereocenters. The van der Waals surface area contributed by atoms with Crippen molar-refractivity contribution in [1.82, 2.24) is 5.43 Å². The standard InChI is InChI=1S/C11H11N3O3/c15-11(9-3-4-9)13-12-7-8-1-5-10(6-2-8)14(16)17/h1-2,5-7,9H,3-4H2,(H,13,15). The average Bonchev–Trinajstić information content (AvgIpc) is 3.13. The minimum Gasteiger partial charge on any atom is -0.273 e. The Kier molecular flexibility index (Phi) is 3.13. The van der Waals surface area contributed by atoms with Gasteiger partial charge >= 0.3 is 0 Å². The molecule has 1 aliphatic carbocycles. The lowest BCUT2D eigenvalue weighted by Gasteiger charge is -1.96. The smallest absolute Gasteiger partial charge is 0.269 e. The number of benzene rings is 1. The van der Waals surface area contributed by atoms with Crippen molar-refractivity contribution in [3.63, 3.8) is 0 Å². The molecule has 0 aliphatic heterocycles. The third kappa shape index (κ3) is 3.10. The zero-order chi connectivity index (χ0) is 12.3. The second-order valence-electron chi connectivity index (χ2n) is 3.86. The van der Waals surface area contributed by atoms with Gasteiger partial charge in [-0.25, -0.2) is 5.43 Å². The molecule has 6 nitrogen and oxygen atoms in total. The maximum atomic E-state index is 11.2. The second-order valence-corrected chi connectivity index (χ2v) is 3.86. The summed E-state index contributed by atoms with van der Waals surface area (Å²) in [5.74, 6) is 0.0483. The quantitative estimate of drug-likeness (QED) is 0.485. The number of carbonyl (C=O) groups excluding carboxylic acids is 1. The number of rotatable bonds is 4. The molecule has 0 spiro atoms. The van der Waals surface area contributed by atoms with Crippen molar-refractivity contribution in [2.45, 2.75) is 12.8 Å². The van der Waals surface area contributed by atoms with Crippen molar-refractivity contribution in [3.05, 3.63) is 39.9 Å². The number of amides is 1. The highest BCUT2D eigenvalue weighted by Crippen LogP contribution is 2.28. The minimum atomic E-state index is -0.463. The van der Waals surface area contributed by atoms with Crippen molar-refractivity contribution in [1.29, 1.82) is 0 Å². The molecule has 2 rings (SSSR count). The van der Waals surface area contributed by atoms with Gasteiger partial charge in [0.05, 0.1) is 11.1 Å². The molecule has 6 heteroatoms. The van der Waals surface area contributed by atoms with Gasteiger partial charge in [0.1, 0.15) is 0 Å². The fourth-order valence-electron chi connectivity index (χ4n) is 1.29. The lowest BCUT2D eigenvalue weighted by Crippen LogP contribution is -2.18. The molecular weight excluding hydrogens is 222 g/mol. The summed E-state index contributed by atoms with van der Waals surface area (Å²) in [5, 5.41) is 14.2. The van der Waals surface area contributed by atoms with Crippen molar-refractivity contribution in [2.24, 2.45) is 11.0 Å². The van der Waals surface area contributed by atoms with Gasteiger partial charge in [0.15, 0.2) is 0 Å². The van der Waals surface area contributed by atoms with Crippen LogP contribution in [0, 0.1) is 16.0 Å². The molecule has 0 unspecified atom stereocenters. The molecule has 0 saturated heterocycles. The first-order valence-corrected chi connectivity index (χ1v) is 5.24. The molecule has 0 aromatic heterocycles. The van der Waals surface area contributed by atoms with Gasteiger partial charge in [-0.1, -0.05) is 0 Å². The molecule has 0 heterocycles. The largest absolute Gasteiger partial charge is 0.273 e. The first-order chi connectivity index (χ1) is 8.16. The zero-order valence-electron chi connectivity index (χ0n) is 9.00. The Balaban J connectivity index is 1.91. The Morgan fingerprint density at radius 1 is 1.41 bits per heavy atom. The van der Waals surface area contributed by atoms with E-state index in [-0.39, 0.29) is 17.5 Å². The molecule has 1 aromatic rings. The van der Waals surface area contributed by atoms with Crippen molar-refractivity contribution >= 4 is 17.8 Å². The van der Waals surface area contributed by atoms with Gasteiger partial charge in [-0.05, 0) is 30.5 Å². The van der Waals surface area contributed by atoms with Crippen LogP contribution in [0.3, 0.4) is 0 Å². The summed E-state index contributed by atoms with van der Waals surface area (Å²) in [6, 6.07) is 5.93. The molecule has 1 aliphatic rings. The number of hydrogen-bond donors (Lipinski definition) is 1. The summed E-state index contributed by atoms with van der Waals surface area (Å²) < 4.78 is 0. The summed E-state index contributed by atoms with van der Waals surface area (Å²) in [6.07, 6.45) is 3.32. The number of nitro groups is 1. The van der Waals surface area contributed by atoms with E-state index in [0.29, 0.717) is 5.56 Å². The first-order valence-electron chi connectivity index (χ1n) is 5.24. The van der Waals surface area contributed by atoms with Gasteiger partial charge in [-0.3, -0.25) is 14.9 Å². The number of non-ortho nitro benzene ring substituents is 1. The Bertz CT molecular complexity index is 463. The molecule has 1 N–H and O–H groups in total. The van der Waals surface area contributed by atoms with Gasteiger partial charge in [0.2, 0.25) is 5.91 Å². The van der Waals surface area contributed by atoms with E-state index in [1.807, 2.05) is 0 Å². The first kappa shape index (κ1) is 11.3. The Morgan fingerprint density at radius 2 is 2.06 bits per heavy atom. The van der Waals surface area contributed by atoms with Crippen LogP contribution in [0.1, 0.15) is 18.4 Å². The number of hydrogen-bond acceptors (Lipinski definition) is 4. The highest BCUT2D eigenvalue weighted by molar-refractivity contribution is 5.84. The normalized spacial score (nSPS) is 14.8. The van der Waals surface area contributed by atoms with Crippen LogP contribution in [0.5, 0.6) is 0 Å². The predicted octanol–water partition coefficient (Wildman–Crippen LogP) is 1.45. The van der Waals surface area contributed by atoms with Crippen LogP contribution in [0.2, 0.25) is 0 Å². The summed E-state index contributed by atoms with van der Waals surface area (Å²) in [4.78, 5) is 21.2. The van der Waals surface area contributed by atoms with Gasteiger partial charge in [-0.15, -0.1) is 0 Å². The third-order valence-electron chi connectivity index (χ3n) is 2.44. The lowest BCUT2D eigenvalue weighted by atomic mass is 10.2. The van der Waals surface area contributed by atoms with E-state index < -0.39 is 4.92 Å². The van der Waals surface area contributed by atoms with Crippen LogP contribution in [0.15, 0.2) is 29.4 Å². The van der Waals surface area contributed by atoms with Crippen molar-refractivity contribution in [2.75, 3.05) is 0 Å². The average molecular weight is 233 g/mol. The summed E-state index contributed by atoms with van der Waals surface area (Å²) >= 11 is 0. The van der Waals surface area contributed by atoms with Crippen molar-refractivity contribution < 1.29 is 9.72 Å². The van der Waals surface area contributed by atoms with Gasteiger partial charge in [0.25, 0.3) is 5.69 Å². The van der Waals surface area contributed by atoms with E-state index in [4.69, 9.17) is 0 Å². The van der Waals surface area contributed by atoms with Crippen LogP contribution in [0.4, 0.5) is 5.69 Å².